The number of rotatable bonds is 5. The van der Waals surface area contributed by atoms with Crippen molar-refractivity contribution in [1.29, 1.82) is 0 Å². The van der Waals surface area contributed by atoms with E-state index in [-0.39, 0.29) is 30.7 Å². The van der Waals surface area contributed by atoms with Gasteiger partial charge in [0.25, 0.3) is 0 Å². The molecule has 6 nitrogen and oxygen atoms in total. The van der Waals surface area contributed by atoms with Crippen LogP contribution >= 0.6 is 0 Å². The maximum atomic E-state index is 14.0. The number of likely N-dealkylation sites (tertiary alicyclic amines) is 1. The molecule has 2 heterocycles. The average molecular weight is 494 g/mol. The number of fused-ring (bicyclic) bond motifs is 2. The Balaban J connectivity index is 1.35. The van der Waals surface area contributed by atoms with Gasteiger partial charge in [-0.05, 0) is 56.9 Å². The number of hydrogen-bond donors (Lipinski definition) is 1. The minimum atomic E-state index is -0.656. The number of aryl methyl sites for hydroxylation is 2. The molecule has 1 saturated heterocycles. The number of ether oxygens (including phenoxy) is 1. The van der Waals surface area contributed by atoms with Gasteiger partial charge in [0.15, 0.2) is 0 Å². The second kappa shape index (κ2) is 9.69. The van der Waals surface area contributed by atoms with Gasteiger partial charge in [-0.2, -0.15) is 0 Å². The fourth-order valence-electron chi connectivity index (χ4n) is 5.76. The van der Waals surface area contributed by atoms with Crippen molar-refractivity contribution in [3.8, 4) is 5.75 Å². The summed E-state index contributed by atoms with van der Waals surface area (Å²) in [6.45, 7) is 4.73. The Kier molecular flexibility index (Phi) is 6.60. The van der Waals surface area contributed by atoms with Gasteiger partial charge in [-0.25, -0.2) is 9.18 Å². The molecule has 3 aromatic rings. The Labute approximate surface area is 209 Å². The van der Waals surface area contributed by atoms with Crippen LogP contribution in [0.4, 0.5) is 4.39 Å². The number of halogens is 1. The van der Waals surface area contributed by atoms with Crippen molar-refractivity contribution < 1.29 is 23.4 Å². The van der Waals surface area contributed by atoms with Gasteiger partial charge in [0.1, 0.15) is 23.8 Å². The van der Waals surface area contributed by atoms with E-state index in [1.54, 1.807) is 36.1 Å². The Bertz CT molecular complexity index is 1370. The molecule has 190 valence electrons. The van der Waals surface area contributed by atoms with Crippen molar-refractivity contribution in [3.63, 3.8) is 0 Å². The lowest BCUT2D eigenvalue weighted by Gasteiger charge is -2.47. The SMILES string of the molecule is Cc1c(CC(=O)N2CC[C@@]3(O)CCCC[C@@H]3C2)c(=O)oc2c(C)c(OCc3ccccc3F)ccc12. The van der Waals surface area contributed by atoms with E-state index in [4.69, 9.17) is 9.15 Å². The van der Waals surface area contributed by atoms with E-state index < -0.39 is 11.2 Å². The van der Waals surface area contributed by atoms with Crippen LogP contribution < -0.4 is 10.4 Å². The van der Waals surface area contributed by atoms with Crippen molar-refractivity contribution in [2.45, 2.75) is 64.6 Å². The highest BCUT2D eigenvalue weighted by atomic mass is 19.1. The number of aliphatic hydroxyl groups is 1. The first kappa shape index (κ1) is 24.5. The monoisotopic (exact) mass is 493 g/mol. The first-order chi connectivity index (χ1) is 17.3. The molecule has 0 bridgehead atoms. The molecule has 7 heteroatoms. The summed E-state index contributed by atoms with van der Waals surface area (Å²) >= 11 is 0. The van der Waals surface area contributed by atoms with Crippen LogP contribution in [0.25, 0.3) is 11.0 Å². The van der Waals surface area contributed by atoms with E-state index in [1.807, 2.05) is 13.0 Å². The molecule has 2 aromatic carbocycles. The molecule has 2 atom stereocenters. The highest BCUT2D eigenvalue weighted by Crippen LogP contribution is 2.40. The zero-order valence-corrected chi connectivity index (χ0v) is 20.8. The molecule has 5 rings (SSSR count). The van der Waals surface area contributed by atoms with Gasteiger partial charge < -0.3 is 19.2 Å². The quantitative estimate of drug-likeness (QED) is 0.516. The number of piperidine rings is 1. The topological polar surface area (TPSA) is 80.0 Å². The van der Waals surface area contributed by atoms with Gasteiger partial charge in [0.05, 0.1) is 17.6 Å². The molecule has 1 aliphatic carbocycles. The summed E-state index contributed by atoms with van der Waals surface area (Å²) in [5, 5.41) is 11.7. The van der Waals surface area contributed by atoms with Crippen molar-refractivity contribution in [1.82, 2.24) is 4.90 Å². The number of hydrogen-bond acceptors (Lipinski definition) is 5. The summed E-state index contributed by atoms with van der Waals surface area (Å²) in [7, 11) is 0. The summed E-state index contributed by atoms with van der Waals surface area (Å²) in [6, 6.07) is 10.0. The zero-order valence-electron chi connectivity index (χ0n) is 20.8. The van der Waals surface area contributed by atoms with Crippen LogP contribution in [0.15, 0.2) is 45.6 Å². The summed E-state index contributed by atoms with van der Waals surface area (Å²) in [5.74, 6) is 0.155. The van der Waals surface area contributed by atoms with Crippen molar-refractivity contribution in [2.24, 2.45) is 5.92 Å². The van der Waals surface area contributed by atoms with Gasteiger partial charge in [0, 0.05) is 35.5 Å². The molecule has 1 N–H and O–H groups in total. The lowest BCUT2D eigenvalue weighted by molar-refractivity contribution is -0.142. The smallest absolute Gasteiger partial charge is 0.340 e. The molecule has 0 radical (unpaired) electrons. The summed E-state index contributed by atoms with van der Waals surface area (Å²) in [5.41, 5.74) is 1.37. The predicted molar refractivity (Wildman–Crippen MR) is 134 cm³/mol. The highest BCUT2D eigenvalue weighted by molar-refractivity contribution is 5.87. The molecule has 1 aromatic heterocycles. The van der Waals surface area contributed by atoms with Gasteiger partial charge in [-0.15, -0.1) is 0 Å². The lowest BCUT2D eigenvalue weighted by Crippen LogP contribution is -2.55. The maximum Gasteiger partial charge on any atom is 0.340 e. The van der Waals surface area contributed by atoms with E-state index in [2.05, 4.69) is 0 Å². The van der Waals surface area contributed by atoms with Crippen molar-refractivity contribution in [3.05, 3.63) is 74.9 Å². The van der Waals surface area contributed by atoms with Crippen LogP contribution in [0, 0.1) is 25.6 Å². The maximum absolute atomic E-state index is 14.0. The van der Waals surface area contributed by atoms with E-state index in [1.165, 1.54) is 6.07 Å². The first-order valence-corrected chi connectivity index (χ1v) is 12.7. The van der Waals surface area contributed by atoms with Crippen LogP contribution in [0.3, 0.4) is 0 Å². The number of carbonyl (C=O) groups is 1. The van der Waals surface area contributed by atoms with Crippen molar-refractivity contribution >= 4 is 16.9 Å². The third-order valence-corrected chi connectivity index (χ3v) is 8.10. The third kappa shape index (κ3) is 4.52. The molecular formula is C29H32FNO5. The van der Waals surface area contributed by atoms with Crippen LogP contribution in [0.5, 0.6) is 5.75 Å². The largest absolute Gasteiger partial charge is 0.488 e. The van der Waals surface area contributed by atoms with Crippen LogP contribution in [0.1, 0.15) is 54.4 Å². The minimum Gasteiger partial charge on any atom is -0.488 e. The van der Waals surface area contributed by atoms with E-state index in [0.29, 0.717) is 53.1 Å². The number of benzene rings is 2. The standard InChI is InChI=1S/C29H32FNO5/c1-18-22-10-11-25(35-17-20-7-3-4-9-24(20)30)19(2)27(22)36-28(33)23(18)15-26(32)31-14-13-29(34)12-6-5-8-21(29)16-31/h3-4,7,9-11,21,34H,5-6,8,12-17H2,1-2H3/t21-,29+/m1/s1. The lowest BCUT2D eigenvalue weighted by atomic mass is 9.71. The van der Waals surface area contributed by atoms with Gasteiger partial charge in [0.2, 0.25) is 5.91 Å². The number of nitrogens with zero attached hydrogens (tertiary/aromatic N) is 1. The summed E-state index contributed by atoms with van der Waals surface area (Å²) < 4.78 is 25.5. The van der Waals surface area contributed by atoms with E-state index >= 15 is 0 Å². The fraction of sp³-hybridized carbons (Fsp3) is 0.448. The predicted octanol–water partition coefficient (Wildman–Crippen LogP) is 4.82. The van der Waals surface area contributed by atoms with Gasteiger partial charge in [-0.1, -0.05) is 31.0 Å². The Hall–Kier alpha value is -3.19. The van der Waals surface area contributed by atoms with E-state index in [0.717, 1.165) is 31.1 Å². The Morgan fingerprint density at radius 1 is 1.17 bits per heavy atom. The normalized spacial score (nSPS) is 21.9. The first-order valence-electron chi connectivity index (χ1n) is 12.7. The summed E-state index contributed by atoms with van der Waals surface area (Å²) in [4.78, 5) is 27.9. The second-order valence-corrected chi connectivity index (χ2v) is 10.3. The molecule has 2 aliphatic rings. The number of amides is 1. The Morgan fingerprint density at radius 3 is 2.78 bits per heavy atom. The molecule has 1 aliphatic heterocycles. The molecule has 36 heavy (non-hydrogen) atoms. The van der Waals surface area contributed by atoms with Crippen LogP contribution in [-0.4, -0.2) is 34.6 Å². The number of carbonyl (C=O) groups excluding carboxylic acids is 1. The highest BCUT2D eigenvalue weighted by Gasteiger charge is 2.43. The molecule has 1 saturated carbocycles. The molecule has 1 amide bonds. The van der Waals surface area contributed by atoms with Gasteiger partial charge >= 0.3 is 5.63 Å². The second-order valence-electron chi connectivity index (χ2n) is 10.3. The molecular weight excluding hydrogens is 461 g/mol. The summed E-state index contributed by atoms with van der Waals surface area (Å²) in [6.07, 6.45) is 4.40. The van der Waals surface area contributed by atoms with E-state index in [9.17, 15) is 19.1 Å². The Morgan fingerprint density at radius 2 is 1.97 bits per heavy atom. The molecule has 0 unspecified atom stereocenters. The van der Waals surface area contributed by atoms with Crippen LogP contribution in [-0.2, 0) is 17.8 Å². The van der Waals surface area contributed by atoms with Crippen molar-refractivity contribution in [2.75, 3.05) is 13.1 Å². The third-order valence-electron chi connectivity index (χ3n) is 8.10. The van der Waals surface area contributed by atoms with Crippen LogP contribution in [0.2, 0.25) is 0 Å². The molecule has 0 spiro atoms. The zero-order chi connectivity index (χ0) is 25.4. The minimum absolute atomic E-state index is 0.0279. The average Bonchev–Trinajstić information content (AvgIpc) is 2.86. The van der Waals surface area contributed by atoms with Gasteiger partial charge in [-0.3, -0.25) is 4.79 Å². The molecule has 2 fully saturated rings. The fourth-order valence-corrected chi connectivity index (χ4v) is 5.76.